The lowest BCUT2D eigenvalue weighted by Crippen LogP contribution is -2.25. The van der Waals surface area contributed by atoms with E-state index in [4.69, 9.17) is 0 Å². The molecule has 1 saturated carbocycles. The molecule has 98 valence electrons. The minimum Gasteiger partial charge on any atom is -0.326 e. The maximum atomic E-state index is 11.9. The number of hydrogen-bond donors (Lipinski definition) is 2. The molecule has 6 heteroatoms. The van der Waals surface area contributed by atoms with E-state index in [0.29, 0.717) is 12.1 Å². The number of carbonyl (C=O) groups is 1. The van der Waals surface area contributed by atoms with Gasteiger partial charge in [0.2, 0.25) is 15.9 Å². The highest BCUT2D eigenvalue weighted by Gasteiger charge is 2.27. The van der Waals surface area contributed by atoms with E-state index in [1.807, 2.05) is 0 Å². The topological polar surface area (TPSA) is 75.3 Å². The van der Waals surface area contributed by atoms with Crippen molar-refractivity contribution >= 4 is 21.6 Å². The molecule has 0 bridgehead atoms. The molecule has 0 aliphatic heterocycles. The van der Waals surface area contributed by atoms with E-state index < -0.39 is 10.0 Å². The monoisotopic (exact) mass is 268 g/mol. The molecule has 0 aromatic heterocycles. The number of sulfonamides is 1. The minimum absolute atomic E-state index is 0.0921. The van der Waals surface area contributed by atoms with Gasteiger partial charge in [0.05, 0.1) is 4.90 Å². The summed E-state index contributed by atoms with van der Waals surface area (Å²) in [6.45, 7) is 1.76. The van der Waals surface area contributed by atoms with E-state index in [2.05, 4.69) is 10.0 Å². The SMILES string of the molecule is CCC(=O)Nc1ccc(S(=O)(=O)NC2CC2)cc1. The molecule has 1 aromatic rings. The first-order chi connectivity index (χ1) is 8.51. The fourth-order valence-corrected chi connectivity index (χ4v) is 2.76. The molecule has 1 fully saturated rings. The molecule has 1 aliphatic carbocycles. The molecule has 1 aromatic carbocycles. The van der Waals surface area contributed by atoms with Crippen LogP contribution in [0.25, 0.3) is 0 Å². The van der Waals surface area contributed by atoms with Crippen molar-refractivity contribution in [1.29, 1.82) is 0 Å². The maximum Gasteiger partial charge on any atom is 0.240 e. The summed E-state index contributed by atoms with van der Waals surface area (Å²) in [4.78, 5) is 11.4. The van der Waals surface area contributed by atoms with Crippen molar-refractivity contribution in [3.63, 3.8) is 0 Å². The molecule has 2 N–H and O–H groups in total. The van der Waals surface area contributed by atoms with Crippen molar-refractivity contribution in [2.75, 3.05) is 5.32 Å². The first kappa shape index (κ1) is 13.0. The van der Waals surface area contributed by atoms with Gasteiger partial charge in [-0.15, -0.1) is 0 Å². The fourth-order valence-electron chi connectivity index (χ4n) is 1.46. The van der Waals surface area contributed by atoms with Crippen LogP contribution in [-0.2, 0) is 14.8 Å². The summed E-state index contributed by atoms with van der Waals surface area (Å²) < 4.78 is 26.4. The molecule has 0 unspecified atom stereocenters. The highest BCUT2D eigenvalue weighted by molar-refractivity contribution is 7.89. The number of hydrogen-bond acceptors (Lipinski definition) is 3. The van der Waals surface area contributed by atoms with Crippen LogP contribution < -0.4 is 10.0 Å². The third kappa shape index (κ3) is 3.30. The number of amides is 1. The van der Waals surface area contributed by atoms with E-state index >= 15 is 0 Å². The van der Waals surface area contributed by atoms with Crippen LogP contribution in [0.1, 0.15) is 26.2 Å². The summed E-state index contributed by atoms with van der Waals surface area (Å²) in [5, 5.41) is 2.67. The summed E-state index contributed by atoms with van der Waals surface area (Å²) in [7, 11) is -3.41. The van der Waals surface area contributed by atoms with E-state index in [0.717, 1.165) is 12.8 Å². The summed E-state index contributed by atoms with van der Waals surface area (Å²) in [5.41, 5.74) is 0.604. The van der Waals surface area contributed by atoms with Crippen LogP contribution >= 0.6 is 0 Å². The van der Waals surface area contributed by atoms with Crippen LogP contribution in [0.3, 0.4) is 0 Å². The molecule has 0 heterocycles. The van der Waals surface area contributed by atoms with Gasteiger partial charge in [0, 0.05) is 18.2 Å². The number of rotatable bonds is 5. The van der Waals surface area contributed by atoms with E-state index in [1.165, 1.54) is 12.1 Å². The largest absolute Gasteiger partial charge is 0.326 e. The average molecular weight is 268 g/mol. The van der Waals surface area contributed by atoms with Gasteiger partial charge in [-0.25, -0.2) is 13.1 Å². The van der Waals surface area contributed by atoms with Crippen molar-refractivity contribution in [2.45, 2.75) is 37.1 Å². The van der Waals surface area contributed by atoms with Crippen molar-refractivity contribution in [3.05, 3.63) is 24.3 Å². The van der Waals surface area contributed by atoms with Gasteiger partial charge in [-0.05, 0) is 37.1 Å². The molecule has 1 aliphatic rings. The third-order valence-corrected chi connectivity index (χ3v) is 4.21. The number of carbonyl (C=O) groups excluding carboxylic acids is 1. The van der Waals surface area contributed by atoms with E-state index in [1.54, 1.807) is 19.1 Å². The van der Waals surface area contributed by atoms with Gasteiger partial charge in [0.1, 0.15) is 0 Å². The zero-order valence-corrected chi connectivity index (χ0v) is 11.0. The first-order valence-electron chi connectivity index (χ1n) is 5.93. The Kier molecular flexibility index (Phi) is 3.68. The number of benzene rings is 1. The van der Waals surface area contributed by atoms with Crippen LogP contribution in [0.5, 0.6) is 0 Å². The van der Waals surface area contributed by atoms with Crippen LogP contribution in [-0.4, -0.2) is 20.4 Å². The molecule has 18 heavy (non-hydrogen) atoms. The van der Waals surface area contributed by atoms with Crippen LogP contribution in [0.2, 0.25) is 0 Å². The van der Waals surface area contributed by atoms with E-state index in [9.17, 15) is 13.2 Å². The third-order valence-electron chi connectivity index (χ3n) is 2.67. The quantitative estimate of drug-likeness (QED) is 0.849. The van der Waals surface area contributed by atoms with Crippen LogP contribution in [0.4, 0.5) is 5.69 Å². The Morgan fingerprint density at radius 1 is 1.28 bits per heavy atom. The van der Waals surface area contributed by atoms with E-state index in [-0.39, 0.29) is 16.8 Å². The molecule has 0 spiro atoms. The molecule has 2 rings (SSSR count). The Labute approximate surface area is 107 Å². The Balaban J connectivity index is 2.08. The van der Waals surface area contributed by atoms with Gasteiger partial charge in [0.25, 0.3) is 0 Å². The highest BCUT2D eigenvalue weighted by atomic mass is 32.2. The highest BCUT2D eigenvalue weighted by Crippen LogP contribution is 2.22. The van der Waals surface area contributed by atoms with Gasteiger partial charge < -0.3 is 5.32 Å². The Hall–Kier alpha value is -1.40. The number of nitrogens with one attached hydrogen (secondary N) is 2. The van der Waals surface area contributed by atoms with Gasteiger partial charge in [0.15, 0.2) is 0 Å². The predicted molar refractivity (Wildman–Crippen MR) is 68.7 cm³/mol. The van der Waals surface area contributed by atoms with Crippen molar-refractivity contribution in [1.82, 2.24) is 4.72 Å². The molecular formula is C12H16N2O3S. The summed E-state index contributed by atoms with van der Waals surface area (Å²) in [5.74, 6) is -0.0956. The zero-order valence-electron chi connectivity index (χ0n) is 10.1. The number of anilines is 1. The van der Waals surface area contributed by atoms with Gasteiger partial charge in [-0.2, -0.15) is 0 Å². The maximum absolute atomic E-state index is 11.9. The zero-order chi connectivity index (χ0) is 13.2. The molecular weight excluding hydrogens is 252 g/mol. The van der Waals surface area contributed by atoms with Crippen LogP contribution in [0, 0.1) is 0 Å². The molecule has 1 amide bonds. The fraction of sp³-hybridized carbons (Fsp3) is 0.417. The Bertz CT molecular complexity index is 533. The predicted octanol–water partition coefficient (Wildman–Crippen LogP) is 1.48. The summed E-state index contributed by atoms with van der Waals surface area (Å²) in [6.07, 6.45) is 2.21. The van der Waals surface area contributed by atoms with Gasteiger partial charge >= 0.3 is 0 Å². The lowest BCUT2D eigenvalue weighted by molar-refractivity contribution is -0.115. The second-order valence-corrected chi connectivity index (χ2v) is 6.04. The molecule has 0 radical (unpaired) electrons. The minimum atomic E-state index is -3.41. The summed E-state index contributed by atoms with van der Waals surface area (Å²) >= 11 is 0. The van der Waals surface area contributed by atoms with Crippen molar-refractivity contribution in [3.8, 4) is 0 Å². The summed E-state index contributed by atoms with van der Waals surface area (Å²) in [6, 6.07) is 6.27. The lowest BCUT2D eigenvalue weighted by atomic mass is 10.3. The standard InChI is InChI=1S/C12H16N2O3S/c1-2-12(15)13-9-5-7-11(8-6-9)18(16,17)14-10-3-4-10/h5-8,10,14H,2-4H2,1H3,(H,13,15). The first-order valence-corrected chi connectivity index (χ1v) is 7.42. The second-order valence-electron chi connectivity index (χ2n) is 4.32. The molecule has 0 atom stereocenters. The smallest absolute Gasteiger partial charge is 0.240 e. The second kappa shape index (κ2) is 5.07. The lowest BCUT2D eigenvalue weighted by Gasteiger charge is -2.07. The van der Waals surface area contributed by atoms with Gasteiger partial charge in [-0.1, -0.05) is 6.92 Å². The average Bonchev–Trinajstić information content (AvgIpc) is 3.13. The Morgan fingerprint density at radius 2 is 1.89 bits per heavy atom. The normalized spacial score (nSPS) is 15.4. The Morgan fingerprint density at radius 3 is 2.39 bits per heavy atom. The molecule has 0 saturated heterocycles. The van der Waals surface area contributed by atoms with Gasteiger partial charge in [-0.3, -0.25) is 4.79 Å². The van der Waals surface area contributed by atoms with Crippen molar-refractivity contribution in [2.24, 2.45) is 0 Å². The molecule has 5 nitrogen and oxygen atoms in total. The van der Waals surface area contributed by atoms with Crippen LogP contribution in [0.15, 0.2) is 29.2 Å². The van der Waals surface area contributed by atoms with Crippen molar-refractivity contribution < 1.29 is 13.2 Å².